The minimum Gasteiger partial charge on any atom is -0.493 e. The molecule has 0 amide bonds. The minimum absolute atomic E-state index is 0.641. The molecule has 0 saturated heterocycles. The van der Waals surface area contributed by atoms with Gasteiger partial charge in [0.2, 0.25) is 0 Å². The van der Waals surface area contributed by atoms with E-state index in [1.165, 1.54) is 0 Å². The van der Waals surface area contributed by atoms with E-state index in [2.05, 4.69) is 21.8 Å². The lowest BCUT2D eigenvalue weighted by Crippen LogP contribution is -1.94. The van der Waals surface area contributed by atoms with E-state index in [1.807, 2.05) is 66.7 Å². The number of rotatable bonds is 4. The fraction of sp³-hybridized carbons (Fsp3) is 0.0800. The molecule has 0 unspecified atom stereocenters. The van der Waals surface area contributed by atoms with Crippen LogP contribution in [0.5, 0.6) is 11.5 Å². The molecule has 4 rings (SSSR count). The van der Waals surface area contributed by atoms with Gasteiger partial charge in [-0.1, -0.05) is 24.0 Å². The summed E-state index contributed by atoms with van der Waals surface area (Å²) in [5.74, 6) is 7.73. The van der Waals surface area contributed by atoms with Gasteiger partial charge < -0.3 is 9.47 Å². The fourth-order valence-electron chi connectivity index (χ4n) is 2.95. The highest BCUT2D eigenvalue weighted by molar-refractivity contribution is 5.65. The number of methoxy groups -OCH3 is 2. The summed E-state index contributed by atoms with van der Waals surface area (Å²) in [5, 5.41) is 0. The largest absolute Gasteiger partial charge is 0.493 e. The molecule has 3 aromatic heterocycles. The van der Waals surface area contributed by atoms with Gasteiger partial charge in [0, 0.05) is 23.5 Å². The molecule has 3 heterocycles. The van der Waals surface area contributed by atoms with E-state index in [0.717, 1.165) is 33.9 Å². The van der Waals surface area contributed by atoms with Gasteiger partial charge in [0.25, 0.3) is 0 Å². The summed E-state index contributed by atoms with van der Waals surface area (Å²) in [6.07, 6.45) is 3.50. The zero-order valence-electron chi connectivity index (χ0n) is 16.7. The monoisotopic (exact) mass is 393 g/mol. The zero-order valence-corrected chi connectivity index (χ0v) is 16.7. The smallest absolute Gasteiger partial charge is 0.161 e. The van der Waals surface area contributed by atoms with Crippen LogP contribution in [-0.2, 0) is 0 Å². The summed E-state index contributed by atoms with van der Waals surface area (Å²) in [4.78, 5) is 13.6. The molecule has 0 spiro atoms. The van der Waals surface area contributed by atoms with Crippen LogP contribution in [0.4, 0.5) is 0 Å². The van der Waals surface area contributed by atoms with Gasteiger partial charge in [0.1, 0.15) is 0 Å². The summed E-state index contributed by atoms with van der Waals surface area (Å²) >= 11 is 0. The Labute approximate surface area is 175 Å². The topological polar surface area (TPSA) is 57.1 Å². The molecule has 5 heteroatoms. The van der Waals surface area contributed by atoms with Crippen molar-refractivity contribution in [3.05, 3.63) is 90.3 Å². The van der Waals surface area contributed by atoms with Crippen molar-refractivity contribution < 1.29 is 9.47 Å². The molecular formula is C25H19N3O2. The molecule has 0 atom stereocenters. The number of hydrogen-bond donors (Lipinski definition) is 0. The van der Waals surface area contributed by atoms with Crippen molar-refractivity contribution in [2.24, 2.45) is 0 Å². The van der Waals surface area contributed by atoms with Gasteiger partial charge >= 0.3 is 0 Å². The Kier molecular flexibility index (Phi) is 5.68. The Balaban J connectivity index is 1.78. The van der Waals surface area contributed by atoms with Crippen molar-refractivity contribution in [3.63, 3.8) is 0 Å². The van der Waals surface area contributed by atoms with Crippen molar-refractivity contribution in [2.45, 2.75) is 0 Å². The first-order chi connectivity index (χ1) is 14.8. The van der Waals surface area contributed by atoms with Crippen LogP contribution in [-0.4, -0.2) is 29.2 Å². The van der Waals surface area contributed by atoms with E-state index in [4.69, 9.17) is 14.5 Å². The standard InChI is InChI=1S/C25H19N3O2/c1-29-24-12-11-18(17-25(24)30-2)9-10-19-15-22(20-7-3-5-13-26-20)28-23(16-19)21-8-4-6-14-27-21/h3-8,11-17H,1-2H3. The summed E-state index contributed by atoms with van der Waals surface area (Å²) in [7, 11) is 3.22. The van der Waals surface area contributed by atoms with E-state index in [0.29, 0.717) is 11.5 Å². The van der Waals surface area contributed by atoms with Crippen LogP contribution in [0, 0.1) is 11.8 Å². The maximum absolute atomic E-state index is 5.36. The van der Waals surface area contributed by atoms with E-state index >= 15 is 0 Å². The average molecular weight is 393 g/mol. The maximum Gasteiger partial charge on any atom is 0.161 e. The molecule has 0 aliphatic carbocycles. The first-order valence-electron chi connectivity index (χ1n) is 9.36. The normalized spacial score (nSPS) is 10.1. The van der Waals surface area contributed by atoms with Crippen molar-refractivity contribution in [1.29, 1.82) is 0 Å². The Hall–Kier alpha value is -4.17. The molecule has 1 aromatic carbocycles. The molecule has 0 N–H and O–H groups in total. The first-order valence-corrected chi connectivity index (χ1v) is 9.36. The summed E-state index contributed by atoms with van der Waals surface area (Å²) in [6, 6.07) is 20.9. The molecule has 0 radical (unpaired) electrons. The molecule has 0 aliphatic heterocycles. The van der Waals surface area contributed by atoms with E-state index < -0.39 is 0 Å². The van der Waals surface area contributed by atoms with Gasteiger partial charge in [-0.2, -0.15) is 0 Å². The molecule has 0 fully saturated rings. The second kappa shape index (κ2) is 8.89. The van der Waals surface area contributed by atoms with Crippen molar-refractivity contribution in [3.8, 4) is 46.1 Å². The number of benzene rings is 1. The molecule has 146 valence electrons. The Bertz CT molecular complexity index is 1160. The third-order valence-electron chi connectivity index (χ3n) is 4.41. The van der Waals surface area contributed by atoms with Gasteiger partial charge in [0.05, 0.1) is 37.0 Å². The number of aromatic nitrogens is 3. The van der Waals surface area contributed by atoms with Crippen LogP contribution in [0.3, 0.4) is 0 Å². The van der Waals surface area contributed by atoms with Crippen molar-refractivity contribution in [2.75, 3.05) is 14.2 Å². The Morgan fingerprint density at radius 2 is 1.20 bits per heavy atom. The SMILES string of the molecule is COc1ccc(C#Cc2cc(-c3ccccn3)nc(-c3ccccn3)c2)cc1OC. The van der Waals surface area contributed by atoms with Gasteiger partial charge in [-0.25, -0.2) is 4.98 Å². The van der Waals surface area contributed by atoms with Gasteiger partial charge in [-0.15, -0.1) is 0 Å². The second-order valence-corrected chi connectivity index (χ2v) is 6.38. The highest BCUT2D eigenvalue weighted by Gasteiger charge is 2.08. The molecule has 5 nitrogen and oxygen atoms in total. The molecule has 30 heavy (non-hydrogen) atoms. The van der Waals surface area contributed by atoms with Gasteiger partial charge in [0.15, 0.2) is 11.5 Å². The predicted octanol–water partition coefficient (Wildman–Crippen LogP) is 4.62. The molecule has 4 aromatic rings. The van der Waals surface area contributed by atoms with Crippen LogP contribution >= 0.6 is 0 Å². The van der Waals surface area contributed by atoms with Crippen molar-refractivity contribution >= 4 is 0 Å². The summed E-state index contributed by atoms with van der Waals surface area (Å²) in [6.45, 7) is 0. The van der Waals surface area contributed by atoms with E-state index in [-0.39, 0.29) is 0 Å². The van der Waals surface area contributed by atoms with E-state index in [1.54, 1.807) is 26.6 Å². The molecular weight excluding hydrogens is 374 g/mol. The maximum atomic E-state index is 5.36. The lowest BCUT2D eigenvalue weighted by molar-refractivity contribution is 0.355. The van der Waals surface area contributed by atoms with Crippen LogP contribution in [0.15, 0.2) is 79.1 Å². The highest BCUT2D eigenvalue weighted by atomic mass is 16.5. The van der Waals surface area contributed by atoms with Crippen LogP contribution in [0.25, 0.3) is 22.8 Å². The van der Waals surface area contributed by atoms with Gasteiger partial charge in [-0.05, 0) is 54.6 Å². The quantitative estimate of drug-likeness (QED) is 0.474. The molecule has 0 saturated carbocycles. The third-order valence-corrected chi connectivity index (χ3v) is 4.41. The Morgan fingerprint density at radius 1 is 0.600 bits per heavy atom. The minimum atomic E-state index is 0.641. The lowest BCUT2D eigenvalue weighted by atomic mass is 10.1. The third kappa shape index (κ3) is 4.29. The van der Waals surface area contributed by atoms with Gasteiger partial charge in [-0.3, -0.25) is 9.97 Å². The highest BCUT2D eigenvalue weighted by Crippen LogP contribution is 2.27. The number of nitrogens with zero attached hydrogens (tertiary/aromatic N) is 3. The number of hydrogen-bond acceptors (Lipinski definition) is 5. The van der Waals surface area contributed by atoms with Crippen LogP contribution < -0.4 is 9.47 Å². The zero-order chi connectivity index (χ0) is 20.8. The van der Waals surface area contributed by atoms with E-state index in [9.17, 15) is 0 Å². The number of ether oxygens (including phenoxy) is 2. The first kappa shape index (κ1) is 19.2. The van der Waals surface area contributed by atoms with Crippen molar-refractivity contribution in [1.82, 2.24) is 15.0 Å². The van der Waals surface area contributed by atoms with Crippen LogP contribution in [0.2, 0.25) is 0 Å². The fourth-order valence-corrected chi connectivity index (χ4v) is 2.95. The molecule has 0 aliphatic rings. The second-order valence-electron chi connectivity index (χ2n) is 6.38. The lowest BCUT2D eigenvalue weighted by Gasteiger charge is -2.07. The summed E-state index contributed by atoms with van der Waals surface area (Å²) in [5.41, 5.74) is 4.70. The number of pyridine rings is 3. The average Bonchev–Trinajstić information content (AvgIpc) is 2.83. The predicted molar refractivity (Wildman–Crippen MR) is 116 cm³/mol. The molecule has 0 bridgehead atoms. The Morgan fingerprint density at radius 3 is 1.73 bits per heavy atom. The van der Waals surface area contributed by atoms with Crippen LogP contribution in [0.1, 0.15) is 11.1 Å². The summed E-state index contributed by atoms with van der Waals surface area (Å²) < 4.78 is 10.7.